The fourth-order valence-electron chi connectivity index (χ4n) is 1.22. The predicted octanol–water partition coefficient (Wildman–Crippen LogP) is 1.86. The Morgan fingerprint density at radius 2 is 2.12 bits per heavy atom. The number of rotatable bonds is 4. The lowest BCUT2D eigenvalue weighted by Gasteiger charge is -2.10. The van der Waals surface area contributed by atoms with Crippen LogP contribution in [0, 0.1) is 10.1 Å². The Morgan fingerprint density at radius 3 is 2.59 bits per heavy atom. The molecule has 1 aromatic rings. The number of halogens is 2. The number of nitrogens with zero attached hydrogens (tertiary/aromatic N) is 1. The highest BCUT2D eigenvalue weighted by atomic mass is 35.5. The molecule has 0 fully saturated rings. The normalized spacial score (nSPS) is 12.2. The van der Waals surface area contributed by atoms with Gasteiger partial charge in [0, 0.05) is 17.5 Å². The summed E-state index contributed by atoms with van der Waals surface area (Å²) in [4.78, 5) is 20.6. The third-order valence-corrected chi connectivity index (χ3v) is 2.88. The van der Waals surface area contributed by atoms with E-state index in [1.54, 1.807) is 0 Å². The van der Waals surface area contributed by atoms with Gasteiger partial charge in [0.15, 0.2) is 0 Å². The molecule has 8 heteroatoms. The number of carboxylic acid groups (broad SMARTS) is 1. The van der Waals surface area contributed by atoms with Crippen LogP contribution in [0.4, 0.5) is 5.69 Å². The molecule has 0 aromatic heterocycles. The minimum Gasteiger partial charge on any atom is -0.480 e. The van der Waals surface area contributed by atoms with E-state index in [1.807, 2.05) is 0 Å². The van der Waals surface area contributed by atoms with Gasteiger partial charge < -0.3 is 10.8 Å². The Labute approximate surface area is 106 Å². The maximum atomic E-state index is 10.6. The van der Waals surface area contributed by atoms with Gasteiger partial charge in [-0.25, -0.2) is 0 Å². The van der Waals surface area contributed by atoms with Crippen molar-refractivity contribution in [3.05, 3.63) is 37.9 Å². The number of aliphatic carboxylic acids is 1. The van der Waals surface area contributed by atoms with Crippen LogP contribution in [-0.2, 0) is 11.2 Å². The summed E-state index contributed by atoms with van der Waals surface area (Å²) in [5.74, 6) is -1.23. The van der Waals surface area contributed by atoms with Crippen molar-refractivity contribution in [2.24, 2.45) is 5.73 Å². The second kappa shape index (κ2) is 5.31. The molecule has 0 aliphatic rings. The number of nitro benzene ring substituents is 1. The molecule has 0 radical (unpaired) electrons. The van der Waals surface area contributed by atoms with Gasteiger partial charge in [-0.3, -0.25) is 14.9 Å². The molecule has 6 nitrogen and oxygen atoms in total. The Morgan fingerprint density at radius 1 is 1.53 bits per heavy atom. The Bertz CT molecular complexity index is 478. The summed E-state index contributed by atoms with van der Waals surface area (Å²) in [6.07, 6.45) is -0.172. The summed E-state index contributed by atoms with van der Waals surface area (Å²) in [7, 11) is 0. The molecular weight excluding hydrogens is 271 g/mol. The van der Waals surface area contributed by atoms with E-state index >= 15 is 0 Å². The van der Waals surface area contributed by atoms with E-state index in [4.69, 9.17) is 34.0 Å². The SMILES string of the molecule is NC(Cc1c(Cl)ccc([N+](=O)[O-])c1Cl)C(=O)O. The summed E-state index contributed by atoms with van der Waals surface area (Å²) < 4.78 is 0. The first-order chi connectivity index (χ1) is 7.84. The van der Waals surface area contributed by atoms with Crippen molar-refractivity contribution in [1.29, 1.82) is 0 Å². The van der Waals surface area contributed by atoms with Gasteiger partial charge in [0.2, 0.25) is 0 Å². The first-order valence-electron chi connectivity index (χ1n) is 4.44. The van der Waals surface area contributed by atoms with Crippen molar-refractivity contribution in [2.75, 3.05) is 0 Å². The van der Waals surface area contributed by atoms with Gasteiger partial charge in [-0.15, -0.1) is 0 Å². The summed E-state index contributed by atoms with van der Waals surface area (Å²) >= 11 is 11.6. The molecular formula is C9H8Cl2N2O4. The van der Waals surface area contributed by atoms with E-state index in [0.717, 1.165) is 6.07 Å². The smallest absolute Gasteiger partial charge is 0.320 e. The summed E-state index contributed by atoms with van der Waals surface area (Å²) in [6, 6.07) is 1.22. The van der Waals surface area contributed by atoms with Crippen molar-refractivity contribution in [2.45, 2.75) is 12.5 Å². The maximum Gasteiger partial charge on any atom is 0.320 e. The van der Waals surface area contributed by atoms with E-state index in [-0.39, 0.29) is 27.7 Å². The first-order valence-corrected chi connectivity index (χ1v) is 5.19. The van der Waals surface area contributed by atoms with Crippen molar-refractivity contribution >= 4 is 34.9 Å². The minimum absolute atomic E-state index is 0.150. The zero-order valence-electron chi connectivity index (χ0n) is 8.39. The molecule has 0 saturated heterocycles. The maximum absolute atomic E-state index is 10.6. The van der Waals surface area contributed by atoms with E-state index in [2.05, 4.69) is 0 Å². The standard InChI is InChI=1S/C9H8Cl2N2O4/c10-5-1-2-7(13(16)17)8(11)4(5)3-6(12)9(14)15/h1-2,6H,3,12H2,(H,14,15). The summed E-state index contributed by atoms with van der Waals surface area (Å²) in [5.41, 5.74) is 5.16. The van der Waals surface area contributed by atoms with Gasteiger partial charge in [0.05, 0.1) is 4.92 Å². The van der Waals surface area contributed by atoms with Crippen LogP contribution in [0.1, 0.15) is 5.56 Å². The number of nitro groups is 1. The van der Waals surface area contributed by atoms with Crippen molar-refractivity contribution in [1.82, 2.24) is 0 Å². The largest absolute Gasteiger partial charge is 0.480 e. The predicted molar refractivity (Wildman–Crippen MR) is 62.4 cm³/mol. The highest BCUT2D eigenvalue weighted by molar-refractivity contribution is 6.37. The Kier molecular flexibility index (Phi) is 4.28. The van der Waals surface area contributed by atoms with Crippen molar-refractivity contribution < 1.29 is 14.8 Å². The molecule has 92 valence electrons. The Balaban J connectivity index is 3.18. The van der Waals surface area contributed by atoms with Gasteiger partial charge in [0.1, 0.15) is 11.1 Å². The molecule has 1 atom stereocenters. The molecule has 0 bridgehead atoms. The number of hydrogen-bond donors (Lipinski definition) is 2. The van der Waals surface area contributed by atoms with Crippen LogP contribution in [0.15, 0.2) is 12.1 Å². The zero-order valence-corrected chi connectivity index (χ0v) is 9.90. The first kappa shape index (κ1) is 13.7. The lowest BCUT2D eigenvalue weighted by atomic mass is 10.1. The zero-order chi connectivity index (χ0) is 13.2. The molecule has 0 spiro atoms. The highest BCUT2D eigenvalue weighted by Crippen LogP contribution is 2.33. The average Bonchev–Trinajstić information content (AvgIpc) is 2.22. The second-order valence-corrected chi connectivity index (χ2v) is 4.05. The van der Waals surface area contributed by atoms with Crippen molar-refractivity contribution in [3.63, 3.8) is 0 Å². The van der Waals surface area contributed by atoms with Crippen LogP contribution in [0.2, 0.25) is 10.0 Å². The molecule has 1 unspecified atom stereocenters. The minimum atomic E-state index is -1.23. The fourth-order valence-corrected chi connectivity index (χ4v) is 1.81. The Hall–Kier alpha value is -1.37. The van der Waals surface area contributed by atoms with Crippen LogP contribution in [-0.4, -0.2) is 22.0 Å². The summed E-state index contributed by atoms with van der Waals surface area (Å²) in [5, 5.41) is 19.3. The third-order valence-electron chi connectivity index (χ3n) is 2.10. The molecule has 0 heterocycles. The second-order valence-electron chi connectivity index (χ2n) is 3.27. The van der Waals surface area contributed by atoms with E-state index < -0.39 is 16.9 Å². The van der Waals surface area contributed by atoms with Gasteiger partial charge >= 0.3 is 5.97 Å². The quantitative estimate of drug-likeness (QED) is 0.646. The van der Waals surface area contributed by atoms with Crippen LogP contribution < -0.4 is 5.73 Å². The van der Waals surface area contributed by atoms with Crippen molar-refractivity contribution in [3.8, 4) is 0 Å². The fraction of sp³-hybridized carbons (Fsp3) is 0.222. The number of benzene rings is 1. The number of carboxylic acids is 1. The number of nitrogens with two attached hydrogens (primary N) is 1. The molecule has 1 rings (SSSR count). The molecule has 0 aliphatic carbocycles. The van der Waals surface area contributed by atoms with E-state index in [0.29, 0.717) is 0 Å². The molecule has 0 aliphatic heterocycles. The van der Waals surface area contributed by atoms with Gasteiger partial charge in [-0.1, -0.05) is 23.2 Å². The van der Waals surface area contributed by atoms with Crippen LogP contribution >= 0.6 is 23.2 Å². The van der Waals surface area contributed by atoms with Crippen LogP contribution in [0.25, 0.3) is 0 Å². The molecule has 3 N–H and O–H groups in total. The van der Waals surface area contributed by atoms with Gasteiger partial charge in [-0.2, -0.15) is 0 Å². The number of hydrogen-bond acceptors (Lipinski definition) is 4. The lowest BCUT2D eigenvalue weighted by molar-refractivity contribution is -0.384. The lowest BCUT2D eigenvalue weighted by Crippen LogP contribution is -2.32. The molecule has 17 heavy (non-hydrogen) atoms. The van der Waals surface area contributed by atoms with Crippen LogP contribution in [0.5, 0.6) is 0 Å². The van der Waals surface area contributed by atoms with Gasteiger partial charge in [0.25, 0.3) is 5.69 Å². The van der Waals surface area contributed by atoms with Crippen LogP contribution in [0.3, 0.4) is 0 Å². The average molecular weight is 279 g/mol. The third kappa shape index (κ3) is 3.06. The molecule has 1 aromatic carbocycles. The highest BCUT2D eigenvalue weighted by Gasteiger charge is 2.22. The van der Waals surface area contributed by atoms with E-state index in [9.17, 15) is 14.9 Å². The monoisotopic (exact) mass is 278 g/mol. The summed E-state index contributed by atoms with van der Waals surface area (Å²) in [6.45, 7) is 0. The number of carbonyl (C=O) groups is 1. The topological polar surface area (TPSA) is 106 Å². The van der Waals surface area contributed by atoms with E-state index in [1.165, 1.54) is 6.07 Å². The molecule has 0 amide bonds. The van der Waals surface area contributed by atoms with Gasteiger partial charge in [-0.05, 0) is 11.6 Å². The molecule has 0 saturated carbocycles.